The van der Waals surface area contributed by atoms with E-state index in [-0.39, 0.29) is 0 Å². The van der Waals surface area contributed by atoms with E-state index in [0.29, 0.717) is 11.6 Å². The molecule has 0 heterocycles. The highest BCUT2D eigenvalue weighted by atomic mass is 15.2. The summed E-state index contributed by atoms with van der Waals surface area (Å²) in [5.41, 5.74) is 6.39. The van der Waals surface area contributed by atoms with Gasteiger partial charge in [-0.2, -0.15) is 0 Å². The van der Waals surface area contributed by atoms with Crippen LogP contribution in [0.4, 0.5) is 0 Å². The van der Waals surface area contributed by atoms with E-state index in [4.69, 9.17) is 5.73 Å². The normalized spacial score (nSPS) is 22.0. The summed E-state index contributed by atoms with van der Waals surface area (Å²) in [4.78, 5) is 2.62. The number of likely N-dealkylation sites (N-methyl/N-ethyl adjacent to an activating group) is 1. The first-order valence-corrected chi connectivity index (χ1v) is 6.63. The molecule has 0 aromatic heterocycles. The Kier molecular flexibility index (Phi) is 5.07. The molecule has 1 aliphatic carbocycles. The largest absolute Gasteiger partial charge is 0.329 e. The van der Waals surface area contributed by atoms with Gasteiger partial charge in [0.25, 0.3) is 0 Å². The average molecular weight is 212 g/mol. The second kappa shape index (κ2) is 5.86. The molecule has 1 saturated carbocycles. The number of hydrogen-bond donors (Lipinski definition) is 1. The van der Waals surface area contributed by atoms with Gasteiger partial charge in [0.2, 0.25) is 0 Å². The summed E-state index contributed by atoms with van der Waals surface area (Å²) < 4.78 is 0. The monoisotopic (exact) mass is 212 g/mol. The van der Waals surface area contributed by atoms with Crippen LogP contribution in [0, 0.1) is 0 Å². The van der Waals surface area contributed by atoms with Crippen LogP contribution in [0.1, 0.15) is 59.3 Å². The van der Waals surface area contributed by atoms with Gasteiger partial charge in [-0.05, 0) is 33.2 Å². The molecule has 0 saturated heterocycles. The molecule has 0 bridgehead atoms. The van der Waals surface area contributed by atoms with Gasteiger partial charge in [0.05, 0.1) is 0 Å². The van der Waals surface area contributed by atoms with Crippen molar-refractivity contribution in [1.29, 1.82) is 0 Å². The molecule has 1 rings (SSSR count). The lowest BCUT2D eigenvalue weighted by Gasteiger charge is -2.45. The lowest BCUT2D eigenvalue weighted by Crippen LogP contribution is -2.56. The Morgan fingerprint density at radius 3 is 2.00 bits per heavy atom. The third-order valence-electron chi connectivity index (χ3n) is 3.99. The summed E-state index contributed by atoms with van der Waals surface area (Å²) in [6.45, 7) is 8.83. The van der Waals surface area contributed by atoms with Crippen LogP contribution in [0.15, 0.2) is 0 Å². The smallest absolute Gasteiger partial charge is 0.0334 e. The Bertz CT molecular complexity index is 169. The predicted molar refractivity (Wildman–Crippen MR) is 67.0 cm³/mol. The first kappa shape index (κ1) is 13.0. The van der Waals surface area contributed by atoms with Gasteiger partial charge in [0.15, 0.2) is 0 Å². The van der Waals surface area contributed by atoms with Crippen LogP contribution in [0.5, 0.6) is 0 Å². The number of hydrogen-bond acceptors (Lipinski definition) is 2. The highest BCUT2D eigenvalue weighted by Crippen LogP contribution is 2.32. The van der Waals surface area contributed by atoms with E-state index in [9.17, 15) is 0 Å². The molecular formula is C13H28N2. The van der Waals surface area contributed by atoms with Crippen molar-refractivity contribution in [1.82, 2.24) is 4.90 Å². The lowest BCUT2D eigenvalue weighted by molar-refractivity contribution is 0.0535. The molecule has 0 aromatic carbocycles. The molecule has 1 fully saturated rings. The van der Waals surface area contributed by atoms with Crippen molar-refractivity contribution < 1.29 is 0 Å². The molecular weight excluding hydrogens is 184 g/mol. The molecule has 0 radical (unpaired) electrons. The zero-order chi connectivity index (χ0) is 11.3. The zero-order valence-corrected chi connectivity index (χ0v) is 10.8. The highest BCUT2D eigenvalue weighted by molar-refractivity contribution is 4.94. The number of nitrogens with zero attached hydrogens (tertiary/aromatic N) is 1. The standard InChI is InChI=1S/C13H28N2/c1-4-15(12(2)3)13(11-14)9-7-5-6-8-10-13/h12H,4-11,14H2,1-3H3. The fourth-order valence-electron chi connectivity index (χ4n) is 3.24. The number of nitrogens with two attached hydrogens (primary N) is 1. The predicted octanol–water partition coefficient (Wildman–Crippen LogP) is 2.77. The van der Waals surface area contributed by atoms with Crippen molar-refractivity contribution in [3.63, 3.8) is 0 Å². The van der Waals surface area contributed by atoms with Gasteiger partial charge in [-0.3, -0.25) is 4.90 Å². The Morgan fingerprint density at radius 2 is 1.67 bits per heavy atom. The van der Waals surface area contributed by atoms with Crippen LogP contribution < -0.4 is 5.73 Å². The van der Waals surface area contributed by atoms with Crippen molar-refractivity contribution in [2.24, 2.45) is 5.73 Å². The SMILES string of the molecule is CCN(C(C)C)C1(CN)CCCCCC1. The van der Waals surface area contributed by atoms with Crippen molar-refractivity contribution in [3.8, 4) is 0 Å². The van der Waals surface area contributed by atoms with E-state index < -0.39 is 0 Å². The molecule has 2 heteroatoms. The van der Waals surface area contributed by atoms with Gasteiger partial charge in [-0.15, -0.1) is 0 Å². The summed E-state index contributed by atoms with van der Waals surface area (Å²) in [5, 5.41) is 0. The number of rotatable bonds is 4. The third-order valence-corrected chi connectivity index (χ3v) is 3.99. The second-order valence-electron chi connectivity index (χ2n) is 5.22. The molecule has 2 nitrogen and oxygen atoms in total. The summed E-state index contributed by atoms with van der Waals surface area (Å²) in [6, 6.07) is 0.622. The molecule has 0 aromatic rings. The highest BCUT2D eigenvalue weighted by Gasteiger charge is 2.35. The molecule has 90 valence electrons. The van der Waals surface area contributed by atoms with Crippen molar-refractivity contribution in [2.45, 2.75) is 70.9 Å². The van der Waals surface area contributed by atoms with Gasteiger partial charge >= 0.3 is 0 Å². The second-order valence-corrected chi connectivity index (χ2v) is 5.22. The zero-order valence-electron chi connectivity index (χ0n) is 10.8. The molecule has 0 atom stereocenters. The van der Waals surface area contributed by atoms with Crippen molar-refractivity contribution in [3.05, 3.63) is 0 Å². The molecule has 0 amide bonds. The maximum atomic E-state index is 6.08. The first-order chi connectivity index (χ1) is 7.16. The van der Waals surface area contributed by atoms with E-state index >= 15 is 0 Å². The molecule has 1 aliphatic rings. The first-order valence-electron chi connectivity index (χ1n) is 6.63. The average Bonchev–Trinajstić information content (AvgIpc) is 2.45. The molecule has 0 spiro atoms. The van der Waals surface area contributed by atoms with E-state index in [1.807, 2.05) is 0 Å². The van der Waals surface area contributed by atoms with E-state index in [2.05, 4.69) is 25.7 Å². The molecule has 15 heavy (non-hydrogen) atoms. The molecule has 0 unspecified atom stereocenters. The van der Waals surface area contributed by atoms with Crippen LogP contribution >= 0.6 is 0 Å². The van der Waals surface area contributed by atoms with Crippen LogP contribution in [0.25, 0.3) is 0 Å². The fraction of sp³-hybridized carbons (Fsp3) is 1.00. The van der Waals surface area contributed by atoms with E-state index in [1.54, 1.807) is 0 Å². The minimum atomic E-state index is 0.305. The topological polar surface area (TPSA) is 29.3 Å². The Labute approximate surface area is 95.2 Å². The third kappa shape index (κ3) is 2.94. The Balaban J connectivity index is 2.78. The summed E-state index contributed by atoms with van der Waals surface area (Å²) in [5.74, 6) is 0. The van der Waals surface area contributed by atoms with Gasteiger partial charge in [-0.1, -0.05) is 32.6 Å². The van der Waals surface area contributed by atoms with Crippen LogP contribution in [-0.4, -0.2) is 29.6 Å². The quantitative estimate of drug-likeness (QED) is 0.726. The Hall–Kier alpha value is -0.0800. The van der Waals surface area contributed by atoms with Crippen LogP contribution in [0.2, 0.25) is 0 Å². The summed E-state index contributed by atoms with van der Waals surface area (Å²) in [7, 11) is 0. The Morgan fingerprint density at radius 1 is 1.13 bits per heavy atom. The fourth-order valence-corrected chi connectivity index (χ4v) is 3.24. The van der Waals surface area contributed by atoms with Crippen LogP contribution in [0.3, 0.4) is 0 Å². The maximum absolute atomic E-state index is 6.08. The van der Waals surface area contributed by atoms with Gasteiger partial charge in [0, 0.05) is 18.1 Å². The summed E-state index contributed by atoms with van der Waals surface area (Å²) >= 11 is 0. The summed E-state index contributed by atoms with van der Waals surface area (Å²) in [6.07, 6.45) is 8.13. The molecule has 0 aliphatic heterocycles. The van der Waals surface area contributed by atoms with Gasteiger partial charge in [0.1, 0.15) is 0 Å². The lowest BCUT2D eigenvalue weighted by atomic mass is 9.87. The van der Waals surface area contributed by atoms with Gasteiger partial charge < -0.3 is 5.73 Å². The van der Waals surface area contributed by atoms with Crippen molar-refractivity contribution >= 4 is 0 Å². The van der Waals surface area contributed by atoms with E-state index in [0.717, 1.165) is 13.1 Å². The van der Waals surface area contributed by atoms with Crippen LogP contribution in [-0.2, 0) is 0 Å². The van der Waals surface area contributed by atoms with E-state index in [1.165, 1.54) is 38.5 Å². The van der Waals surface area contributed by atoms with Crippen molar-refractivity contribution in [2.75, 3.05) is 13.1 Å². The minimum Gasteiger partial charge on any atom is -0.329 e. The molecule has 2 N–H and O–H groups in total. The minimum absolute atomic E-state index is 0.305. The van der Waals surface area contributed by atoms with Gasteiger partial charge in [-0.25, -0.2) is 0 Å². The maximum Gasteiger partial charge on any atom is 0.0334 e.